The summed E-state index contributed by atoms with van der Waals surface area (Å²) in [5, 5.41) is 8.56. The summed E-state index contributed by atoms with van der Waals surface area (Å²) in [5.41, 5.74) is 0.778. The van der Waals surface area contributed by atoms with Crippen molar-refractivity contribution in [1.82, 2.24) is 4.98 Å². The van der Waals surface area contributed by atoms with E-state index in [0.717, 1.165) is 30.5 Å². The second-order valence-corrected chi connectivity index (χ2v) is 4.78. The average molecular weight is 262 g/mol. The van der Waals surface area contributed by atoms with Crippen LogP contribution in [0.2, 0.25) is 0 Å². The van der Waals surface area contributed by atoms with Crippen LogP contribution in [0.5, 0.6) is 0 Å². The van der Waals surface area contributed by atoms with E-state index in [2.05, 4.69) is 9.88 Å². The predicted octanol–water partition coefficient (Wildman–Crippen LogP) is 1.79. The van der Waals surface area contributed by atoms with E-state index in [1.165, 1.54) is 6.08 Å². The highest BCUT2D eigenvalue weighted by molar-refractivity contribution is 5.85. The number of rotatable bonds is 3. The van der Waals surface area contributed by atoms with Crippen molar-refractivity contribution in [2.75, 3.05) is 18.0 Å². The second-order valence-electron chi connectivity index (χ2n) is 4.78. The molecule has 0 spiro atoms. The van der Waals surface area contributed by atoms with Gasteiger partial charge in [-0.2, -0.15) is 0 Å². The number of carbonyl (C=O) groups is 1. The number of aromatic nitrogens is 1. The van der Waals surface area contributed by atoms with Gasteiger partial charge < -0.3 is 14.7 Å². The third-order valence-corrected chi connectivity index (χ3v) is 2.93. The van der Waals surface area contributed by atoms with Crippen molar-refractivity contribution in [3.05, 3.63) is 30.0 Å². The second kappa shape index (κ2) is 5.84. The van der Waals surface area contributed by atoms with Crippen LogP contribution in [-0.2, 0) is 9.53 Å². The van der Waals surface area contributed by atoms with Crippen molar-refractivity contribution in [3.8, 4) is 0 Å². The van der Waals surface area contributed by atoms with Gasteiger partial charge in [-0.25, -0.2) is 9.78 Å². The molecule has 1 aliphatic rings. The predicted molar refractivity (Wildman–Crippen MR) is 73.1 cm³/mol. The zero-order valence-corrected chi connectivity index (χ0v) is 11.1. The summed E-state index contributed by atoms with van der Waals surface area (Å²) < 4.78 is 5.68. The third-order valence-electron chi connectivity index (χ3n) is 2.93. The first kappa shape index (κ1) is 13.5. The molecule has 1 aliphatic heterocycles. The van der Waals surface area contributed by atoms with Crippen LogP contribution in [0.15, 0.2) is 24.4 Å². The Labute approximate surface area is 112 Å². The molecule has 102 valence electrons. The Balaban J connectivity index is 2.07. The van der Waals surface area contributed by atoms with E-state index in [-0.39, 0.29) is 12.2 Å². The maximum atomic E-state index is 10.4. The molecule has 1 saturated heterocycles. The van der Waals surface area contributed by atoms with Gasteiger partial charge in [0.2, 0.25) is 0 Å². The fourth-order valence-corrected chi connectivity index (χ4v) is 2.22. The van der Waals surface area contributed by atoms with E-state index in [9.17, 15) is 4.79 Å². The van der Waals surface area contributed by atoms with Gasteiger partial charge in [0.05, 0.1) is 12.2 Å². The van der Waals surface area contributed by atoms with Crippen molar-refractivity contribution in [1.29, 1.82) is 0 Å². The number of ether oxygens (including phenoxy) is 1. The fraction of sp³-hybridized carbons (Fsp3) is 0.429. The maximum absolute atomic E-state index is 10.4. The highest BCUT2D eigenvalue weighted by Gasteiger charge is 2.22. The maximum Gasteiger partial charge on any atom is 0.328 e. The summed E-state index contributed by atoms with van der Waals surface area (Å²) in [4.78, 5) is 17.0. The van der Waals surface area contributed by atoms with Crippen LogP contribution in [0, 0.1) is 0 Å². The van der Waals surface area contributed by atoms with Gasteiger partial charge in [-0.15, -0.1) is 0 Å². The summed E-state index contributed by atoms with van der Waals surface area (Å²) in [6.07, 6.45) is 4.70. The first-order valence-corrected chi connectivity index (χ1v) is 6.32. The minimum absolute atomic E-state index is 0.192. The third kappa shape index (κ3) is 3.79. The zero-order valence-electron chi connectivity index (χ0n) is 11.1. The molecule has 19 heavy (non-hydrogen) atoms. The number of aliphatic carboxylic acids is 1. The van der Waals surface area contributed by atoms with Gasteiger partial charge >= 0.3 is 5.97 Å². The minimum atomic E-state index is -0.958. The summed E-state index contributed by atoms with van der Waals surface area (Å²) in [6, 6.07) is 3.78. The summed E-state index contributed by atoms with van der Waals surface area (Å²) in [7, 11) is 0. The molecular weight excluding hydrogens is 244 g/mol. The first-order chi connectivity index (χ1) is 9.04. The van der Waals surface area contributed by atoms with Gasteiger partial charge in [0.25, 0.3) is 0 Å². The van der Waals surface area contributed by atoms with Crippen LogP contribution in [-0.4, -0.2) is 41.4 Å². The molecule has 2 heterocycles. The van der Waals surface area contributed by atoms with Gasteiger partial charge in [-0.05, 0) is 37.6 Å². The van der Waals surface area contributed by atoms with Crippen LogP contribution in [0.3, 0.4) is 0 Å². The van der Waals surface area contributed by atoms with Gasteiger partial charge in [-0.1, -0.05) is 0 Å². The molecule has 5 heteroatoms. The summed E-state index contributed by atoms with van der Waals surface area (Å²) in [5.74, 6) is -0.0608. The number of pyridine rings is 1. The van der Waals surface area contributed by atoms with E-state index >= 15 is 0 Å². The minimum Gasteiger partial charge on any atom is -0.478 e. The Hall–Kier alpha value is -1.88. The number of carboxylic acids is 1. The molecule has 1 N–H and O–H groups in total. The molecule has 0 radical (unpaired) electrons. The standard InChI is InChI=1S/C14H18N2O3/c1-10-8-16(9-11(2)19-10)13-5-3-12(7-15-13)4-6-14(17)18/h3-7,10-11H,8-9H2,1-2H3,(H,17,18)/b6-4+/t10-,11+. The lowest BCUT2D eigenvalue weighted by molar-refractivity contribution is -0.131. The van der Waals surface area contributed by atoms with E-state index in [1.54, 1.807) is 6.20 Å². The molecule has 2 rings (SSSR count). The van der Waals surface area contributed by atoms with Crippen molar-refractivity contribution in [3.63, 3.8) is 0 Å². The number of anilines is 1. The van der Waals surface area contributed by atoms with Crippen molar-refractivity contribution < 1.29 is 14.6 Å². The van der Waals surface area contributed by atoms with Crippen LogP contribution < -0.4 is 4.90 Å². The Morgan fingerprint density at radius 2 is 2.11 bits per heavy atom. The monoisotopic (exact) mass is 262 g/mol. The molecule has 0 amide bonds. The van der Waals surface area contributed by atoms with Crippen molar-refractivity contribution >= 4 is 17.9 Å². The fourth-order valence-electron chi connectivity index (χ4n) is 2.22. The number of hydrogen-bond donors (Lipinski definition) is 1. The van der Waals surface area contributed by atoms with E-state index in [0.29, 0.717) is 0 Å². The molecule has 0 aliphatic carbocycles. The zero-order chi connectivity index (χ0) is 13.8. The Morgan fingerprint density at radius 3 is 2.63 bits per heavy atom. The van der Waals surface area contributed by atoms with E-state index in [1.807, 2.05) is 26.0 Å². The van der Waals surface area contributed by atoms with Crippen molar-refractivity contribution in [2.24, 2.45) is 0 Å². The smallest absolute Gasteiger partial charge is 0.328 e. The molecule has 5 nitrogen and oxygen atoms in total. The van der Waals surface area contributed by atoms with Gasteiger partial charge in [-0.3, -0.25) is 0 Å². The molecule has 0 unspecified atom stereocenters. The highest BCUT2D eigenvalue weighted by Crippen LogP contribution is 2.18. The van der Waals surface area contributed by atoms with E-state index in [4.69, 9.17) is 9.84 Å². The molecule has 1 aromatic rings. The SMILES string of the molecule is C[C@@H]1CN(c2ccc(/C=C/C(=O)O)cn2)C[C@H](C)O1. The molecule has 2 atom stereocenters. The van der Waals surface area contributed by atoms with E-state index < -0.39 is 5.97 Å². The quantitative estimate of drug-likeness (QED) is 0.841. The molecule has 0 aromatic carbocycles. The summed E-state index contributed by atoms with van der Waals surface area (Å²) >= 11 is 0. The van der Waals surface area contributed by atoms with Crippen LogP contribution in [0.4, 0.5) is 5.82 Å². The lowest BCUT2D eigenvalue weighted by atomic mass is 10.2. The number of nitrogens with zero attached hydrogens (tertiary/aromatic N) is 2. The van der Waals surface area contributed by atoms with Gasteiger partial charge in [0.15, 0.2) is 0 Å². The number of hydrogen-bond acceptors (Lipinski definition) is 4. The molecule has 1 fully saturated rings. The number of carboxylic acid groups (broad SMARTS) is 1. The van der Waals surface area contributed by atoms with Crippen LogP contribution >= 0.6 is 0 Å². The molecule has 0 saturated carbocycles. The molecular formula is C14H18N2O3. The van der Waals surface area contributed by atoms with Gasteiger partial charge in [0, 0.05) is 25.4 Å². The lowest BCUT2D eigenvalue weighted by Crippen LogP contribution is -2.45. The van der Waals surface area contributed by atoms with Crippen LogP contribution in [0.1, 0.15) is 19.4 Å². The Bertz CT molecular complexity index is 460. The van der Waals surface area contributed by atoms with Crippen LogP contribution in [0.25, 0.3) is 6.08 Å². The summed E-state index contributed by atoms with van der Waals surface area (Å²) in [6.45, 7) is 5.74. The lowest BCUT2D eigenvalue weighted by Gasteiger charge is -2.36. The topological polar surface area (TPSA) is 62.7 Å². The van der Waals surface area contributed by atoms with Crippen molar-refractivity contribution in [2.45, 2.75) is 26.1 Å². The Morgan fingerprint density at radius 1 is 1.42 bits per heavy atom. The number of morpholine rings is 1. The first-order valence-electron chi connectivity index (χ1n) is 6.32. The molecule has 0 bridgehead atoms. The largest absolute Gasteiger partial charge is 0.478 e. The Kier molecular flexibility index (Phi) is 4.16. The normalized spacial score (nSPS) is 23.8. The van der Waals surface area contributed by atoms with Gasteiger partial charge in [0.1, 0.15) is 5.82 Å². The molecule has 1 aromatic heterocycles. The average Bonchev–Trinajstić information content (AvgIpc) is 2.36. The highest BCUT2D eigenvalue weighted by atomic mass is 16.5.